The van der Waals surface area contributed by atoms with Gasteiger partial charge in [-0.15, -0.1) is 0 Å². The zero-order valence-electron chi connectivity index (χ0n) is 8.17. The Balaban J connectivity index is 3.56. The van der Waals surface area contributed by atoms with Crippen molar-refractivity contribution in [2.75, 3.05) is 6.54 Å². The summed E-state index contributed by atoms with van der Waals surface area (Å²) in [5.41, 5.74) is 0. The number of unbranched alkanes of at least 4 members (excludes halogenated alkanes) is 1. The second kappa shape index (κ2) is 6.46. The smallest absolute Gasteiger partial charge is 0.306 e. The van der Waals surface area contributed by atoms with E-state index >= 15 is 0 Å². The van der Waals surface area contributed by atoms with Crippen molar-refractivity contribution in [2.45, 2.75) is 33.1 Å². The number of hydrogen-bond donors (Lipinski definition) is 2. The molecule has 0 saturated heterocycles. The highest BCUT2D eigenvalue weighted by molar-refractivity contribution is 5.81. The van der Waals surface area contributed by atoms with E-state index < -0.39 is 11.9 Å². The molecule has 0 spiro atoms. The molecule has 1 atom stereocenters. The predicted octanol–water partition coefficient (Wildman–Crippen LogP) is 1.01. The zero-order valence-corrected chi connectivity index (χ0v) is 8.17. The first-order valence-electron chi connectivity index (χ1n) is 4.57. The number of carboxylic acids is 1. The number of amides is 1. The Morgan fingerprint density at radius 2 is 2.08 bits per heavy atom. The summed E-state index contributed by atoms with van der Waals surface area (Å²) < 4.78 is 0. The van der Waals surface area contributed by atoms with Gasteiger partial charge in [-0.3, -0.25) is 9.59 Å². The predicted molar refractivity (Wildman–Crippen MR) is 49.3 cm³/mol. The average Bonchev–Trinajstić information content (AvgIpc) is 2.04. The Hall–Kier alpha value is -1.06. The van der Waals surface area contributed by atoms with Gasteiger partial charge in [0.25, 0.3) is 0 Å². The van der Waals surface area contributed by atoms with Gasteiger partial charge in [0.1, 0.15) is 0 Å². The fourth-order valence-electron chi connectivity index (χ4n) is 0.842. The van der Waals surface area contributed by atoms with Crippen LogP contribution in [0.2, 0.25) is 0 Å². The van der Waals surface area contributed by atoms with Crippen molar-refractivity contribution in [3.05, 3.63) is 0 Å². The van der Waals surface area contributed by atoms with E-state index in [1.807, 2.05) is 6.92 Å². The summed E-state index contributed by atoms with van der Waals surface area (Å²) in [6, 6.07) is 0. The summed E-state index contributed by atoms with van der Waals surface area (Å²) in [6.07, 6.45) is 2.03. The minimum absolute atomic E-state index is 0.0685. The van der Waals surface area contributed by atoms with Gasteiger partial charge in [-0.05, 0) is 6.42 Å². The van der Waals surface area contributed by atoms with Crippen molar-refractivity contribution in [2.24, 2.45) is 5.92 Å². The summed E-state index contributed by atoms with van der Waals surface area (Å²) in [5.74, 6) is -1.70. The van der Waals surface area contributed by atoms with Gasteiger partial charge < -0.3 is 10.4 Å². The number of carbonyl (C=O) groups is 2. The Kier molecular flexibility index (Phi) is 5.93. The minimum atomic E-state index is -0.925. The number of hydrogen-bond acceptors (Lipinski definition) is 2. The Morgan fingerprint density at radius 1 is 1.46 bits per heavy atom. The van der Waals surface area contributed by atoms with Crippen molar-refractivity contribution in [1.29, 1.82) is 0 Å². The second-order valence-corrected chi connectivity index (χ2v) is 3.15. The normalized spacial score (nSPS) is 12.2. The van der Waals surface area contributed by atoms with Crippen LogP contribution >= 0.6 is 0 Å². The minimum Gasteiger partial charge on any atom is -0.481 e. The molecular weight excluding hydrogens is 170 g/mol. The first kappa shape index (κ1) is 11.9. The third-order valence-electron chi connectivity index (χ3n) is 1.77. The van der Waals surface area contributed by atoms with E-state index in [1.165, 1.54) is 6.92 Å². The quantitative estimate of drug-likeness (QED) is 0.610. The van der Waals surface area contributed by atoms with Crippen LogP contribution < -0.4 is 5.32 Å². The number of nitrogens with one attached hydrogen (secondary N) is 1. The number of aliphatic carboxylic acids is 1. The van der Waals surface area contributed by atoms with E-state index in [1.54, 1.807) is 0 Å². The molecule has 0 aromatic heterocycles. The molecule has 0 aromatic rings. The molecule has 0 rings (SSSR count). The van der Waals surface area contributed by atoms with Crippen LogP contribution in [0.4, 0.5) is 0 Å². The highest BCUT2D eigenvalue weighted by Crippen LogP contribution is 2.00. The third-order valence-corrected chi connectivity index (χ3v) is 1.77. The van der Waals surface area contributed by atoms with E-state index in [0.29, 0.717) is 6.54 Å². The first-order valence-corrected chi connectivity index (χ1v) is 4.57. The molecule has 0 aliphatic rings. The Morgan fingerprint density at radius 3 is 2.54 bits per heavy atom. The monoisotopic (exact) mass is 187 g/mol. The molecule has 0 fully saturated rings. The highest BCUT2D eigenvalue weighted by Gasteiger charge is 2.14. The molecule has 4 heteroatoms. The van der Waals surface area contributed by atoms with E-state index in [9.17, 15) is 9.59 Å². The lowest BCUT2D eigenvalue weighted by Crippen LogP contribution is -2.27. The fourth-order valence-corrected chi connectivity index (χ4v) is 0.842. The maximum absolute atomic E-state index is 11.1. The second-order valence-electron chi connectivity index (χ2n) is 3.15. The van der Waals surface area contributed by atoms with Crippen LogP contribution in [-0.2, 0) is 9.59 Å². The van der Waals surface area contributed by atoms with E-state index in [2.05, 4.69) is 5.32 Å². The molecule has 0 aliphatic heterocycles. The first-order chi connectivity index (χ1) is 6.07. The van der Waals surface area contributed by atoms with Gasteiger partial charge in [0, 0.05) is 13.0 Å². The molecule has 0 radical (unpaired) electrons. The molecule has 0 bridgehead atoms. The van der Waals surface area contributed by atoms with Crippen LogP contribution in [0.25, 0.3) is 0 Å². The van der Waals surface area contributed by atoms with Gasteiger partial charge in [0.2, 0.25) is 5.91 Å². The zero-order chi connectivity index (χ0) is 10.3. The SMILES string of the molecule is CCCCNC(=O)CC(C)C(=O)O. The van der Waals surface area contributed by atoms with Gasteiger partial charge in [-0.25, -0.2) is 0 Å². The van der Waals surface area contributed by atoms with Crippen molar-refractivity contribution < 1.29 is 14.7 Å². The molecule has 0 heterocycles. The summed E-state index contributed by atoms with van der Waals surface area (Å²) in [7, 11) is 0. The van der Waals surface area contributed by atoms with Crippen molar-refractivity contribution in [1.82, 2.24) is 5.32 Å². The van der Waals surface area contributed by atoms with Crippen molar-refractivity contribution in [3.8, 4) is 0 Å². The lowest BCUT2D eigenvalue weighted by molar-refractivity contribution is -0.143. The van der Waals surface area contributed by atoms with E-state index in [0.717, 1.165) is 12.8 Å². The van der Waals surface area contributed by atoms with Gasteiger partial charge in [0.05, 0.1) is 5.92 Å². The van der Waals surface area contributed by atoms with Crippen LogP contribution in [0.3, 0.4) is 0 Å². The number of carbonyl (C=O) groups excluding carboxylic acids is 1. The molecule has 1 amide bonds. The highest BCUT2D eigenvalue weighted by atomic mass is 16.4. The van der Waals surface area contributed by atoms with Gasteiger partial charge in [0.15, 0.2) is 0 Å². The molecule has 1 unspecified atom stereocenters. The van der Waals surface area contributed by atoms with Crippen LogP contribution in [-0.4, -0.2) is 23.5 Å². The lowest BCUT2D eigenvalue weighted by Gasteiger charge is -2.06. The van der Waals surface area contributed by atoms with Gasteiger partial charge >= 0.3 is 5.97 Å². The summed E-state index contributed by atoms with van der Waals surface area (Å²) in [4.78, 5) is 21.4. The molecule has 4 nitrogen and oxygen atoms in total. The maximum Gasteiger partial charge on any atom is 0.306 e. The largest absolute Gasteiger partial charge is 0.481 e. The Labute approximate surface area is 78.3 Å². The van der Waals surface area contributed by atoms with Crippen LogP contribution in [0, 0.1) is 5.92 Å². The van der Waals surface area contributed by atoms with Gasteiger partial charge in [-0.2, -0.15) is 0 Å². The molecule has 2 N–H and O–H groups in total. The standard InChI is InChI=1S/C9H17NO3/c1-3-4-5-10-8(11)6-7(2)9(12)13/h7H,3-6H2,1-2H3,(H,10,11)(H,12,13). The number of carboxylic acid groups (broad SMARTS) is 1. The fraction of sp³-hybridized carbons (Fsp3) is 0.778. The molecule has 0 aliphatic carbocycles. The van der Waals surface area contributed by atoms with Crippen molar-refractivity contribution >= 4 is 11.9 Å². The summed E-state index contributed by atoms with van der Waals surface area (Å²) >= 11 is 0. The molecule has 76 valence electrons. The van der Waals surface area contributed by atoms with Crippen LogP contribution in [0.15, 0.2) is 0 Å². The third kappa shape index (κ3) is 6.13. The van der Waals surface area contributed by atoms with E-state index in [4.69, 9.17) is 5.11 Å². The molecule has 0 aromatic carbocycles. The van der Waals surface area contributed by atoms with Crippen molar-refractivity contribution in [3.63, 3.8) is 0 Å². The van der Waals surface area contributed by atoms with E-state index in [-0.39, 0.29) is 12.3 Å². The average molecular weight is 187 g/mol. The van der Waals surface area contributed by atoms with Crippen LogP contribution in [0.5, 0.6) is 0 Å². The molecule has 13 heavy (non-hydrogen) atoms. The topological polar surface area (TPSA) is 66.4 Å². The van der Waals surface area contributed by atoms with Gasteiger partial charge in [-0.1, -0.05) is 20.3 Å². The maximum atomic E-state index is 11.1. The Bertz CT molecular complexity index is 180. The summed E-state index contributed by atoms with van der Waals surface area (Å²) in [5, 5.41) is 11.2. The summed E-state index contributed by atoms with van der Waals surface area (Å²) in [6.45, 7) is 4.20. The molecular formula is C9H17NO3. The number of rotatable bonds is 6. The lowest BCUT2D eigenvalue weighted by atomic mass is 10.1. The molecule has 0 saturated carbocycles. The van der Waals surface area contributed by atoms with Crippen LogP contribution in [0.1, 0.15) is 33.1 Å².